The highest BCUT2D eigenvalue weighted by Crippen LogP contribution is 2.33. The van der Waals surface area contributed by atoms with Crippen LogP contribution >= 0.6 is 0 Å². The van der Waals surface area contributed by atoms with Crippen LogP contribution in [0.5, 0.6) is 0 Å². The molecule has 32 heavy (non-hydrogen) atoms. The number of carbonyl (C=O) groups excluding carboxylic acids is 1. The zero-order valence-corrected chi connectivity index (χ0v) is 18.1. The van der Waals surface area contributed by atoms with Crippen LogP contribution in [0, 0.1) is 23.2 Å². The van der Waals surface area contributed by atoms with Gasteiger partial charge in [-0.1, -0.05) is 25.0 Å². The second-order valence-electron chi connectivity index (χ2n) is 7.59. The van der Waals surface area contributed by atoms with Crippen LogP contribution in [0.2, 0.25) is 0 Å². The molecule has 3 aromatic rings. The maximum Gasteiger partial charge on any atom is 0.254 e. The van der Waals surface area contributed by atoms with Crippen molar-refractivity contribution in [2.24, 2.45) is 0 Å². The largest absolute Gasteiger partial charge is 0.421 e. The average molecular weight is 425 g/mol. The van der Waals surface area contributed by atoms with Gasteiger partial charge in [0.1, 0.15) is 6.07 Å². The molecule has 2 heterocycles. The van der Waals surface area contributed by atoms with Crippen LogP contribution in [-0.2, 0) is 6.42 Å². The number of nitrogens with two attached hydrogens (primary N) is 1. The highest BCUT2D eigenvalue weighted by molar-refractivity contribution is 5.98. The van der Waals surface area contributed by atoms with Gasteiger partial charge >= 0.3 is 0 Å². The predicted molar refractivity (Wildman–Crippen MR) is 121 cm³/mol. The number of aryl methyl sites for hydroxylation is 1. The van der Waals surface area contributed by atoms with E-state index in [4.69, 9.17) is 10.2 Å². The number of amides is 1. The number of carbonyl (C=O) groups is 1. The van der Waals surface area contributed by atoms with Crippen molar-refractivity contribution < 1.29 is 9.21 Å². The molecule has 1 atom stereocenters. The molecule has 1 aliphatic rings. The molecule has 7 heteroatoms. The van der Waals surface area contributed by atoms with Gasteiger partial charge in [-0.15, -0.1) is 16.1 Å². The smallest absolute Gasteiger partial charge is 0.254 e. The zero-order chi connectivity index (χ0) is 22.7. The topological polar surface area (TPSA) is 109 Å². The number of nitrogen functional groups attached to an aromatic ring is 1. The third-order valence-electron chi connectivity index (χ3n) is 5.54. The molecule has 1 aromatic heterocycles. The molecule has 1 saturated heterocycles. The molecule has 0 aliphatic carbocycles. The molecular weight excluding hydrogens is 402 g/mol. The summed E-state index contributed by atoms with van der Waals surface area (Å²) in [6.45, 7) is 4.36. The number of nitrogens with zero attached hydrogens (tertiary/aromatic N) is 4. The van der Waals surface area contributed by atoms with Gasteiger partial charge in [0.05, 0.1) is 17.3 Å². The van der Waals surface area contributed by atoms with Crippen LogP contribution in [0.3, 0.4) is 0 Å². The first-order valence-electron chi connectivity index (χ1n) is 10.6. The fourth-order valence-electron chi connectivity index (χ4n) is 3.97. The number of rotatable bonds is 4. The lowest BCUT2D eigenvalue weighted by atomic mass is 9.95. The Kier molecular flexibility index (Phi) is 5.91. The van der Waals surface area contributed by atoms with Gasteiger partial charge in [-0.25, -0.2) is 0 Å². The zero-order valence-electron chi connectivity index (χ0n) is 18.1. The number of hydrogen-bond donors (Lipinski definition) is 1. The summed E-state index contributed by atoms with van der Waals surface area (Å²) in [6, 6.07) is 12.7. The van der Waals surface area contributed by atoms with Gasteiger partial charge in [-0.05, 0) is 49.6 Å². The van der Waals surface area contributed by atoms with Crippen LogP contribution < -0.4 is 5.73 Å². The van der Waals surface area contributed by atoms with E-state index in [9.17, 15) is 10.1 Å². The van der Waals surface area contributed by atoms with Gasteiger partial charge in [0, 0.05) is 29.7 Å². The van der Waals surface area contributed by atoms with E-state index < -0.39 is 0 Å². The quantitative estimate of drug-likeness (QED) is 0.499. The Labute approximate surface area is 186 Å². The summed E-state index contributed by atoms with van der Waals surface area (Å²) in [5, 5.41) is 17.9. The maximum absolute atomic E-state index is 13.5. The Morgan fingerprint density at radius 3 is 2.81 bits per heavy atom. The van der Waals surface area contributed by atoms with Crippen molar-refractivity contribution in [3.05, 3.63) is 53.4 Å². The molecule has 160 valence electrons. The minimum absolute atomic E-state index is 0.100. The van der Waals surface area contributed by atoms with Crippen LogP contribution in [0.15, 0.2) is 40.8 Å². The van der Waals surface area contributed by atoms with Gasteiger partial charge in [-0.3, -0.25) is 4.79 Å². The second kappa shape index (κ2) is 8.95. The molecule has 1 aliphatic heterocycles. The van der Waals surface area contributed by atoms with Crippen molar-refractivity contribution in [2.75, 3.05) is 12.3 Å². The molecule has 0 saturated carbocycles. The summed E-state index contributed by atoms with van der Waals surface area (Å²) >= 11 is 0. The number of hydrogen-bond acceptors (Lipinski definition) is 6. The first-order chi connectivity index (χ1) is 15.5. The van der Waals surface area contributed by atoms with Crippen molar-refractivity contribution >= 4 is 11.6 Å². The van der Waals surface area contributed by atoms with Gasteiger partial charge in [-0.2, -0.15) is 5.26 Å². The van der Waals surface area contributed by atoms with Crippen LogP contribution in [0.4, 0.5) is 5.69 Å². The summed E-state index contributed by atoms with van der Waals surface area (Å²) < 4.78 is 5.75. The van der Waals surface area contributed by atoms with Crippen LogP contribution in [-0.4, -0.2) is 33.6 Å². The first kappa shape index (κ1) is 21.1. The summed E-state index contributed by atoms with van der Waals surface area (Å²) in [7, 11) is 0. The van der Waals surface area contributed by atoms with E-state index in [1.54, 1.807) is 36.1 Å². The van der Waals surface area contributed by atoms with Crippen LogP contribution in [0.25, 0.3) is 22.6 Å². The summed E-state index contributed by atoms with van der Waals surface area (Å²) in [4.78, 5) is 15.3. The molecule has 2 N–H and O–H groups in total. The van der Waals surface area contributed by atoms with Crippen molar-refractivity contribution in [1.82, 2.24) is 15.1 Å². The third kappa shape index (κ3) is 3.93. The normalized spacial score (nSPS) is 15.2. The lowest BCUT2D eigenvalue weighted by Crippen LogP contribution is -2.34. The number of aromatic nitrogens is 2. The molecular formula is C25H23N5O2. The summed E-state index contributed by atoms with van der Waals surface area (Å²) in [6.07, 6.45) is 2.38. The SMILES string of the molecule is CC#CC1CCCN1C(=O)c1cc(-c2nnc(CC)o2)cc(-c2cccc(N)c2C#N)c1. The molecule has 0 radical (unpaired) electrons. The summed E-state index contributed by atoms with van der Waals surface area (Å²) in [5.74, 6) is 6.78. The van der Waals surface area contributed by atoms with E-state index >= 15 is 0 Å². The van der Waals surface area contributed by atoms with Crippen LogP contribution in [0.1, 0.15) is 48.5 Å². The van der Waals surface area contributed by atoms with Gasteiger partial charge in [0.25, 0.3) is 5.91 Å². The number of likely N-dealkylation sites (tertiary alicyclic amines) is 1. The molecule has 4 rings (SSSR count). The number of nitriles is 1. The first-order valence-corrected chi connectivity index (χ1v) is 10.6. The van der Waals surface area contributed by atoms with Crippen molar-refractivity contribution in [1.29, 1.82) is 5.26 Å². The average Bonchev–Trinajstić information content (AvgIpc) is 3.48. The van der Waals surface area contributed by atoms with Gasteiger partial charge in [0.2, 0.25) is 11.8 Å². The fourth-order valence-corrected chi connectivity index (χ4v) is 3.97. The monoisotopic (exact) mass is 425 g/mol. The van der Waals surface area contributed by atoms with E-state index in [2.05, 4.69) is 28.1 Å². The van der Waals surface area contributed by atoms with E-state index in [1.165, 1.54) is 0 Å². The van der Waals surface area contributed by atoms with E-state index in [-0.39, 0.29) is 11.9 Å². The van der Waals surface area contributed by atoms with E-state index in [0.717, 1.165) is 12.8 Å². The third-order valence-corrected chi connectivity index (χ3v) is 5.54. The Bertz CT molecular complexity index is 1280. The fraction of sp³-hybridized carbons (Fsp3) is 0.280. The predicted octanol–water partition coefficient (Wildman–Crippen LogP) is 4.05. The Morgan fingerprint density at radius 2 is 2.09 bits per heavy atom. The van der Waals surface area contributed by atoms with Gasteiger partial charge in [0.15, 0.2) is 0 Å². The Morgan fingerprint density at radius 1 is 1.28 bits per heavy atom. The molecule has 0 bridgehead atoms. The highest BCUT2D eigenvalue weighted by Gasteiger charge is 2.29. The number of benzene rings is 2. The Hall–Kier alpha value is -4.10. The number of anilines is 1. The molecule has 7 nitrogen and oxygen atoms in total. The lowest BCUT2D eigenvalue weighted by molar-refractivity contribution is 0.0766. The maximum atomic E-state index is 13.5. The molecule has 1 amide bonds. The van der Waals surface area contributed by atoms with Crippen molar-refractivity contribution in [2.45, 2.75) is 39.2 Å². The van der Waals surface area contributed by atoms with Gasteiger partial charge < -0.3 is 15.1 Å². The van der Waals surface area contributed by atoms with E-state index in [0.29, 0.717) is 58.3 Å². The molecule has 0 spiro atoms. The molecule has 1 fully saturated rings. The summed E-state index contributed by atoms with van der Waals surface area (Å²) in [5.41, 5.74) is 9.19. The minimum atomic E-state index is -0.115. The van der Waals surface area contributed by atoms with Crippen molar-refractivity contribution in [3.63, 3.8) is 0 Å². The van der Waals surface area contributed by atoms with Crippen molar-refractivity contribution in [3.8, 4) is 40.5 Å². The highest BCUT2D eigenvalue weighted by atomic mass is 16.4. The molecule has 2 aromatic carbocycles. The van der Waals surface area contributed by atoms with E-state index in [1.807, 2.05) is 19.1 Å². The lowest BCUT2D eigenvalue weighted by Gasteiger charge is -2.21. The standard InChI is InChI=1S/C25H23N5O2/c1-3-7-19-8-6-11-30(19)25(31)18-13-16(20-9-5-10-22(27)21(20)15-26)12-17(14-18)24-29-28-23(4-2)32-24/h5,9-10,12-14,19H,4,6,8,11,27H2,1-2H3. The second-order valence-corrected chi connectivity index (χ2v) is 7.59. The minimum Gasteiger partial charge on any atom is -0.421 e. The Balaban J connectivity index is 1.87. The molecule has 1 unspecified atom stereocenters.